The van der Waals surface area contributed by atoms with Crippen LogP contribution in [0.15, 0.2) is 30.3 Å². The summed E-state index contributed by atoms with van der Waals surface area (Å²) in [6.45, 7) is 8.57. The van der Waals surface area contributed by atoms with E-state index in [9.17, 15) is 14.9 Å². The van der Waals surface area contributed by atoms with E-state index in [2.05, 4.69) is 11.0 Å². The predicted molar refractivity (Wildman–Crippen MR) is 110 cm³/mol. The zero-order valence-corrected chi connectivity index (χ0v) is 17.9. The maximum absolute atomic E-state index is 12.5. The largest absolute Gasteiger partial charge is 0.444 e. The highest BCUT2D eigenvalue weighted by atomic mass is 16.6. The van der Waals surface area contributed by atoms with Crippen molar-refractivity contribution in [3.63, 3.8) is 0 Å². The highest BCUT2D eigenvalue weighted by molar-refractivity contribution is 5.77. The molecule has 0 spiro atoms. The third kappa shape index (κ3) is 5.94. The van der Waals surface area contributed by atoms with Gasteiger partial charge in [0.15, 0.2) is 0 Å². The number of hydrogen-bond donors (Lipinski definition) is 0. The molecular formula is C22H30N4O4. The Kier molecular flexibility index (Phi) is 6.95. The van der Waals surface area contributed by atoms with E-state index in [0.29, 0.717) is 39.3 Å². The van der Waals surface area contributed by atoms with Gasteiger partial charge in [-0.3, -0.25) is 9.69 Å². The Hall–Kier alpha value is -2.63. The predicted octanol–water partition coefficient (Wildman–Crippen LogP) is 1.86. The minimum atomic E-state index is -0.529. The van der Waals surface area contributed by atoms with Gasteiger partial charge in [-0.2, -0.15) is 5.26 Å². The van der Waals surface area contributed by atoms with Gasteiger partial charge in [-0.1, -0.05) is 30.3 Å². The lowest BCUT2D eigenvalue weighted by Crippen LogP contribution is -2.57. The van der Waals surface area contributed by atoms with Crippen molar-refractivity contribution >= 4 is 12.0 Å². The number of ether oxygens (including phenoxy) is 2. The van der Waals surface area contributed by atoms with Crippen LogP contribution in [0.4, 0.5) is 4.79 Å². The maximum Gasteiger partial charge on any atom is 0.410 e. The second-order valence-electron chi connectivity index (χ2n) is 8.76. The summed E-state index contributed by atoms with van der Waals surface area (Å²) in [5.74, 6) is -0.120. The highest BCUT2D eigenvalue weighted by Gasteiger charge is 2.35. The van der Waals surface area contributed by atoms with Crippen LogP contribution in [0.25, 0.3) is 0 Å². The fourth-order valence-electron chi connectivity index (χ4n) is 3.48. The van der Waals surface area contributed by atoms with Gasteiger partial charge in [0.2, 0.25) is 5.91 Å². The average molecular weight is 415 g/mol. The molecule has 0 aromatic heterocycles. The molecule has 8 heteroatoms. The second-order valence-corrected chi connectivity index (χ2v) is 8.76. The smallest absolute Gasteiger partial charge is 0.410 e. The van der Waals surface area contributed by atoms with E-state index in [1.54, 1.807) is 9.80 Å². The van der Waals surface area contributed by atoms with E-state index in [0.717, 1.165) is 5.56 Å². The molecule has 2 aliphatic heterocycles. The molecule has 2 saturated heterocycles. The Bertz CT molecular complexity index is 781. The number of benzene rings is 1. The van der Waals surface area contributed by atoms with Gasteiger partial charge in [0.05, 0.1) is 25.3 Å². The fraction of sp³-hybridized carbons (Fsp3) is 0.591. The van der Waals surface area contributed by atoms with Gasteiger partial charge in [0.25, 0.3) is 0 Å². The quantitative estimate of drug-likeness (QED) is 0.731. The third-order valence-electron chi connectivity index (χ3n) is 5.16. The van der Waals surface area contributed by atoms with Crippen LogP contribution in [-0.2, 0) is 20.8 Å². The summed E-state index contributed by atoms with van der Waals surface area (Å²) < 4.78 is 11.0. The molecule has 2 heterocycles. The number of likely N-dealkylation sites (tertiary alicyclic amines) is 1. The molecule has 1 atom stereocenters. The Morgan fingerprint density at radius 2 is 1.80 bits per heavy atom. The van der Waals surface area contributed by atoms with Crippen LogP contribution >= 0.6 is 0 Å². The van der Waals surface area contributed by atoms with Crippen LogP contribution < -0.4 is 0 Å². The van der Waals surface area contributed by atoms with E-state index in [1.165, 1.54) is 0 Å². The van der Waals surface area contributed by atoms with Crippen LogP contribution in [-0.4, -0.2) is 83.8 Å². The normalized spacial score (nSPS) is 20.4. The molecule has 1 aromatic carbocycles. The first kappa shape index (κ1) is 22.1. The molecule has 2 aliphatic rings. The van der Waals surface area contributed by atoms with Gasteiger partial charge in [0.1, 0.15) is 18.2 Å². The zero-order chi connectivity index (χ0) is 21.7. The molecule has 1 aromatic rings. The number of rotatable bonds is 5. The molecule has 0 N–H and O–H groups in total. The number of carbonyl (C=O) groups excluding carboxylic acids is 2. The van der Waals surface area contributed by atoms with Crippen molar-refractivity contribution in [2.75, 3.05) is 39.3 Å². The van der Waals surface area contributed by atoms with Gasteiger partial charge in [0, 0.05) is 26.2 Å². The Labute approximate surface area is 177 Å². The summed E-state index contributed by atoms with van der Waals surface area (Å²) in [5.41, 5.74) is 0.624. The van der Waals surface area contributed by atoms with E-state index < -0.39 is 5.60 Å². The molecule has 30 heavy (non-hydrogen) atoms. The van der Waals surface area contributed by atoms with Crippen molar-refractivity contribution in [2.24, 2.45) is 0 Å². The molecule has 8 nitrogen and oxygen atoms in total. The molecule has 3 rings (SSSR count). The highest BCUT2D eigenvalue weighted by Crippen LogP contribution is 2.18. The van der Waals surface area contributed by atoms with Gasteiger partial charge >= 0.3 is 6.09 Å². The van der Waals surface area contributed by atoms with Crippen molar-refractivity contribution < 1.29 is 19.1 Å². The average Bonchev–Trinajstić information content (AvgIpc) is 2.66. The van der Waals surface area contributed by atoms with Crippen LogP contribution in [0.5, 0.6) is 0 Å². The number of piperazine rings is 1. The third-order valence-corrected chi connectivity index (χ3v) is 5.16. The second kappa shape index (κ2) is 9.45. The van der Waals surface area contributed by atoms with Crippen molar-refractivity contribution in [2.45, 2.75) is 45.1 Å². The lowest BCUT2D eigenvalue weighted by Gasteiger charge is -2.40. The number of hydrogen-bond acceptors (Lipinski definition) is 6. The SMILES string of the molecule is CC(C)(C)OC(=O)N1CC(OCC(=O)N2CCN(Cc3ccccc3)C(C#N)C2)C1. The first-order valence-corrected chi connectivity index (χ1v) is 10.3. The van der Waals surface area contributed by atoms with Gasteiger partial charge in [-0.15, -0.1) is 0 Å². The Morgan fingerprint density at radius 1 is 1.10 bits per heavy atom. The van der Waals surface area contributed by atoms with E-state index in [4.69, 9.17) is 9.47 Å². The van der Waals surface area contributed by atoms with Crippen molar-refractivity contribution in [3.05, 3.63) is 35.9 Å². The van der Waals surface area contributed by atoms with Gasteiger partial charge in [-0.05, 0) is 26.3 Å². The molecular weight excluding hydrogens is 384 g/mol. The summed E-state index contributed by atoms with van der Waals surface area (Å²) in [5, 5.41) is 9.56. The van der Waals surface area contributed by atoms with Crippen LogP contribution in [0.3, 0.4) is 0 Å². The first-order chi connectivity index (χ1) is 14.2. The maximum atomic E-state index is 12.5. The van der Waals surface area contributed by atoms with Gasteiger partial charge < -0.3 is 19.3 Å². The van der Waals surface area contributed by atoms with Crippen LogP contribution in [0.1, 0.15) is 26.3 Å². The van der Waals surface area contributed by atoms with Crippen molar-refractivity contribution in [3.8, 4) is 6.07 Å². The first-order valence-electron chi connectivity index (χ1n) is 10.3. The monoisotopic (exact) mass is 414 g/mol. The molecule has 162 valence electrons. The number of nitrogens with zero attached hydrogens (tertiary/aromatic N) is 4. The fourth-order valence-corrected chi connectivity index (χ4v) is 3.48. The molecule has 0 saturated carbocycles. The lowest BCUT2D eigenvalue weighted by atomic mass is 10.1. The van der Waals surface area contributed by atoms with E-state index in [-0.39, 0.29) is 30.8 Å². The van der Waals surface area contributed by atoms with Crippen LogP contribution in [0, 0.1) is 11.3 Å². The summed E-state index contributed by atoms with van der Waals surface area (Å²) >= 11 is 0. The summed E-state index contributed by atoms with van der Waals surface area (Å²) in [7, 11) is 0. The zero-order valence-electron chi connectivity index (χ0n) is 17.9. The molecule has 0 bridgehead atoms. The minimum absolute atomic E-state index is 0.0380. The number of carbonyl (C=O) groups is 2. The number of nitriles is 1. The van der Waals surface area contributed by atoms with E-state index in [1.807, 2.05) is 51.1 Å². The standard InChI is InChI=1S/C22H30N4O4/c1-22(2,3)30-21(28)26-14-19(15-26)29-16-20(27)25-10-9-24(18(11-23)13-25)12-17-7-5-4-6-8-17/h4-8,18-19H,9-10,12-16H2,1-3H3. The van der Waals surface area contributed by atoms with Crippen molar-refractivity contribution in [1.82, 2.24) is 14.7 Å². The molecule has 0 radical (unpaired) electrons. The molecule has 0 aliphatic carbocycles. The topological polar surface area (TPSA) is 86.1 Å². The minimum Gasteiger partial charge on any atom is -0.444 e. The van der Waals surface area contributed by atoms with Crippen LogP contribution in [0.2, 0.25) is 0 Å². The molecule has 1 unspecified atom stereocenters. The summed E-state index contributed by atoms with van der Waals surface area (Å²) in [6, 6.07) is 12.0. The van der Waals surface area contributed by atoms with E-state index >= 15 is 0 Å². The molecule has 2 amide bonds. The van der Waals surface area contributed by atoms with Crippen molar-refractivity contribution in [1.29, 1.82) is 5.26 Å². The van der Waals surface area contributed by atoms with Gasteiger partial charge in [-0.25, -0.2) is 4.79 Å². The molecule has 2 fully saturated rings. The summed E-state index contributed by atoms with van der Waals surface area (Å²) in [6.07, 6.45) is -0.521. The number of amides is 2. The Balaban J connectivity index is 1.40. The summed E-state index contributed by atoms with van der Waals surface area (Å²) in [4.78, 5) is 29.8. The lowest BCUT2D eigenvalue weighted by molar-refractivity contribution is -0.144. The Morgan fingerprint density at radius 3 is 2.43 bits per heavy atom.